The zero-order valence-corrected chi connectivity index (χ0v) is 13.4. The molecular formula is C16H22BrNO. The highest BCUT2D eigenvalue weighted by atomic mass is 79.9. The first-order valence-electron chi connectivity index (χ1n) is 7.08. The van der Waals surface area contributed by atoms with Gasteiger partial charge < -0.3 is 4.90 Å². The van der Waals surface area contributed by atoms with Gasteiger partial charge in [-0.05, 0) is 56.7 Å². The lowest BCUT2D eigenvalue weighted by atomic mass is 9.96. The summed E-state index contributed by atoms with van der Waals surface area (Å²) in [7, 11) is 0. The lowest BCUT2D eigenvalue weighted by Crippen LogP contribution is -2.44. The Morgan fingerprint density at radius 2 is 2.16 bits per heavy atom. The number of likely N-dealkylation sites (tertiary alicyclic amines) is 1. The van der Waals surface area contributed by atoms with Crippen molar-refractivity contribution in [2.45, 2.75) is 45.6 Å². The van der Waals surface area contributed by atoms with Crippen LogP contribution in [0, 0.1) is 13.8 Å². The smallest absolute Gasteiger partial charge is 0.254 e. The largest absolute Gasteiger partial charge is 0.336 e. The van der Waals surface area contributed by atoms with Gasteiger partial charge in [0.25, 0.3) is 5.91 Å². The first-order valence-corrected chi connectivity index (χ1v) is 8.20. The number of carbonyl (C=O) groups excluding carboxylic acids is 1. The van der Waals surface area contributed by atoms with Gasteiger partial charge in [-0.1, -0.05) is 28.1 Å². The molecule has 1 saturated heterocycles. The molecule has 0 bridgehead atoms. The van der Waals surface area contributed by atoms with E-state index in [-0.39, 0.29) is 5.91 Å². The highest BCUT2D eigenvalue weighted by molar-refractivity contribution is 9.09. The summed E-state index contributed by atoms with van der Waals surface area (Å²) in [5.74, 6) is 0.215. The lowest BCUT2D eigenvalue weighted by molar-refractivity contribution is 0.0609. The van der Waals surface area contributed by atoms with E-state index in [1.54, 1.807) is 0 Å². The highest BCUT2D eigenvalue weighted by Crippen LogP contribution is 2.24. The Bertz CT molecular complexity index is 456. The molecule has 19 heavy (non-hydrogen) atoms. The first-order chi connectivity index (χ1) is 9.15. The van der Waals surface area contributed by atoms with Gasteiger partial charge in [-0.25, -0.2) is 0 Å². The van der Waals surface area contributed by atoms with E-state index < -0.39 is 0 Å². The Morgan fingerprint density at radius 3 is 2.89 bits per heavy atom. The Hall–Kier alpha value is -0.830. The van der Waals surface area contributed by atoms with E-state index in [0.717, 1.165) is 42.3 Å². The van der Waals surface area contributed by atoms with Gasteiger partial charge in [0.15, 0.2) is 0 Å². The van der Waals surface area contributed by atoms with Crippen LogP contribution in [-0.2, 0) is 0 Å². The standard InChI is InChI=1S/C16H22BrNO/c1-12-6-5-8-15(13(12)2)16(19)18-11-4-3-7-14(18)9-10-17/h5-6,8,14H,3-4,7,9-11H2,1-2H3. The average Bonchev–Trinajstić information content (AvgIpc) is 2.42. The molecule has 0 aromatic heterocycles. The number of halogens is 1. The molecule has 3 heteroatoms. The molecule has 0 radical (unpaired) electrons. The minimum absolute atomic E-state index is 0.215. The summed E-state index contributed by atoms with van der Waals surface area (Å²) < 4.78 is 0. The maximum atomic E-state index is 12.8. The molecule has 1 atom stereocenters. The number of alkyl halides is 1. The minimum Gasteiger partial charge on any atom is -0.336 e. The van der Waals surface area contributed by atoms with Crippen LogP contribution in [0.25, 0.3) is 0 Å². The van der Waals surface area contributed by atoms with Gasteiger partial charge in [-0.15, -0.1) is 0 Å². The van der Waals surface area contributed by atoms with Gasteiger partial charge in [-0.2, -0.15) is 0 Å². The van der Waals surface area contributed by atoms with E-state index in [1.807, 2.05) is 19.1 Å². The Kier molecular flexibility index (Phi) is 5.03. The molecule has 1 unspecified atom stereocenters. The molecule has 0 saturated carbocycles. The van der Waals surface area contributed by atoms with E-state index in [4.69, 9.17) is 0 Å². The molecule has 0 N–H and O–H groups in total. The van der Waals surface area contributed by atoms with Crippen molar-refractivity contribution in [3.8, 4) is 0 Å². The fraction of sp³-hybridized carbons (Fsp3) is 0.562. The van der Waals surface area contributed by atoms with Crippen molar-refractivity contribution in [1.29, 1.82) is 0 Å². The summed E-state index contributed by atoms with van der Waals surface area (Å²) in [6.07, 6.45) is 4.57. The van der Waals surface area contributed by atoms with Crippen LogP contribution in [0.5, 0.6) is 0 Å². The van der Waals surface area contributed by atoms with Gasteiger partial charge in [0.2, 0.25) is 0 Å². The van der Waals surface area contributed by atoms with Crippen LogP contribution in [0.4, 0.5) is 0 Å². The third kappa shape index (κ3) is 3.19. The quantitative estimate of drug-likeness (QED) is 0.767. The second-order valence-corrected chi connectivity index (χ2v) is 6.17. The van der Waals surface area contributed by atoms with Crippen molar-refractivity contribution >= 4 is 21.8 Å². The number of hydrogen-bond donors (Lipinski definition) is 0. The second kappa shape index (κ2) is 6.56. The van der Waals surface area contributed by atoms with Gasteiger partial charge in [0, 0.05) is 23.5 Å². The van der Waals surface area contributed by atoms with E-state index in [0.29, 0.717) is 6.04 Å². The summed E-state index contributed by atoms with van der Waals surface area (Å²) in [6.45, 7) is 5.02. The fourth-order valence-electron chi connectivity index (χ4n) is 2.83. The summed E-state index contributed by atoms with van der Waals surface area (Å²) in [5.41, 5.74) is 3.19. The van der Waals surface area contributed by atoms with Gasteiger partial charge in [0.1, 0.15) is 0 Å². The topological polar surface area (TPSA) is 20.3 Å². The van der Waals surface area contributed by atoms with Gasteiger partial charge in [-0.3, -0.25) is 4.79 Å². The second-order valence-electron chi connectivity index (χ2n) is 5.37. The maximum Gasteiger partial charge on any atom is 0.254 e. The van der Waals surface area contributed by atoms with Crippen molar-refractivity contribution in [1.82, 2.24) is 4.90 Å². The van der Waals surface area contributed by atoms with Crippen LogP contribution >= 0.6 is 15.9 Å². The van der Waals surface area contributed by atoms with Crippen LogP contribution in [0.2, 0.25) is 0 Å². The predicted octanol–water partition coefficient (Wildman–Crippen LogP) is 4.08. The molecule has 1 aromatic carbocycles. The van der Waals surface area contributed by atoms with E-state index in [2.05, 4.69) is 33.8 Å². The number of carbonyl (C=O) groups is 1. The number of piperidine rings is 1. The van der Waals surface area contributed by atoms with Crippen molar-refractivity contribution in [2.24, 2.45) is 0 Å². The molecule has 0 spiro atoms. The number of hydrogen-bond acceptors (Lipinski definition) is 1. The van der Waals surface area contributed by atoms with Crippen molar-refractivity contribution in [3.05, 3.63) is 34.9 Å². The molecule has 1 heterocycles. The predicted molar refractivity (Wildman–Crippen MR) is 83.0 cm³/mol. The molecule has 1 fully saturated rings. The Labute approximate surface area is 124 Å². The monoisotopic (exact) mass is 323 g/mol. The van der Waals surface area contributed by atoms with E-state index in [9.17, 15) is 4.79 Å². The fourth-order valence-corrected chi connectivity index (χ4v) is 3.36. The average molecular weight is 324 g/mol. The Balaban J connectivity index is 2.23. The normalized spacial score (nSPS) is 19.5. The molecule has 104 valence electrons. The van der Waals surface area contributed by atoms with Crippen molar-refractivity contribution in [3.63, 3.8) is 0 Å². The van der Waals surface area contributed by atoms with Crippen molar-refractivity contribution < 1.29 is 4.79 Å². The maximum absolute atomic E-state index is 12.8. The van der Waals surface area contributed by atoms with Crippen molar-refractivity contribution in [2.75, 3.05) is 11.9 Å². The molecule has 1 aliphatic rings. The van der Waals surface area contributed by atoms with Gasteiger partial charge in [0.05, 0.1) is 0 Å². The number of rotatable bonds is 3. The third-order valence-electron chi connectivity index (χ3n) is 4.17. The van der Waals surface area contributed by atoms with E-state index >= 15 is 0 Å². The highest BCUT2D eigenvalue weighted by Gasteiger charge is 2.27. The number of amides is 1. The summed E-state index contributed by atoms with van der Waals surface area (Å²) in [4.78, 5) is 14.9. The van der Waals surface area contributed by atoms with E-state index in [1.165, 1.54) is 12.0 Å². The lowest BCUT2D eigenvalue weighted by Gasteiger charge is -2.36. The number of benzene rings is 1. The number of nitrogens with zero attached hydrogens (tertiary/aromatic N) is 1. The minimum atomic E-state index is 0.215. The summed E-state index contributed by atoms with van der Waals surface area (Å²) >= 11 is 3.51. The molecule has 1 amide bonds. The number of aryl methyl sites for hydroxylation is 1. The summed E-state index contributed by atoms with van der Waals surface area (Å²) in [5, 5.41) is 0.967. The van der Waals surface area contributed by atoms with Crippen LogP contribution in [0.3, 0.4) is 0 Å². The van der Waals surface area contributed by atoms with Crippen LogP contribution in [0.15, 0.2) is 18.2 Å². The molecule has 2 rings (SSSR count). The van der Waals surface area contributed by atoms with Crippen LogP contribution in [-0.4, -0.2) is 28.7 Å². The molecule has 2 nitrogen and oxygen atoms in total. The van der Waals surface area contributed by atoms with Crippen LogP contribution < -0.4 is 0 Å². The zero-order valence-electron chi connectivity index (χ0n) is 11.8. The molecule has 0 aliphatic carbocycles. The molecule has 1 aliphatic heterocycles. The first kappa shape index (κ1) is 14.6. The third-order valence-corrected chi connectivity index (χ3v) is 4.62. The summed E-state index contributed by atoms with van der Waals surface area (Å²) in [6, 6.07) is 6.42. The van der Waals surface area contributed by atoms with Crippen LogP contribution in [0.1, 0.15) is 47.2 Å². The SMILES string of the molecule is Cc1cccc(C(=O)N2CCCCC2CCBr)c1C. The van der Waals surface area contributed by atoms with Gasteiger partial charge >= 0.3 is 0 Å². The Morgan fingerprint density at radius 1 is 1.37 bits per heavy atom. The molecular weight excluding hydrogens is 302 g/mol. The zero-order chi connectivity index (χ0) is 13.8. The molecule has 1 aromatic rings.